The maximum Gasteiger partial charge on any atom is 0.227 e. The van der Waals surface area contributed by atoms with Crippen molar-refractivity contribution in [2.24, 2.45) is 11.1 Å². The number of carbonyl (C=O) groups excluding carboxylic acids is 1. The largest absolute Gasteiger partial charge is 0.349 e. The highest BCUT2D eigenvalue weighted by Gasteiger charge is 2.40. The average molecular weight is 247 g/mol. The molecule has 1 aromatic rings. The molecule has 1 fully saturated rings. The number of hydrogen-bond donors (Lipinski definition) is 2. The van der Waals surface area contributed by atoms with Gasteiger partial charge in [0, 0.05) is 18.9 Å². The van der Waals surface area contributed by atoms with Gasteiger partial charge in [0.1, 0.15) is 0 Å². The summed E-state index contributed by atoms with van der Waals surface area (Å²) in [7, 11) is 0. The van der Waals surface area contributed by atoms with Crippen LogP contribution < -0.4 is 11.1 Å². The number of amides is 1. The van der Waals surface area contributed by atoms with E-state index in [1.807, 2.05) is 19.1 Å². The Bertz CT molecular complexity index is 399. The molecule has 0 radical (unpaired) electrons. The quantitative estimate of drug-likeness (QED) is 0.852. The zero-order valence-corrected chi connectivity index (χ0v) is 10.9. The molecule has 0 aromatic carbocycles. The van der Waals surface area contributed by atoms with E-state index < -0.39 is 0 Å². The standard InChI is InChI=1S/C14H21N3O/c1-11(12-4-8-16-9-5-12)17-13(18)14(10-15)6-2-3-7-14/h4-5,8-9,11H,2-3,6-7,10,15H2,1H3,(H,17,18)/t11-/m0/s1. The van der Waals surface area contributed by atoms with Gasteiger partial charge in [-0.05, 0) is 37.5 Å². The van der Waals surface area contributed by atoms with E-state index in [0.29, 0.717) is 6.54 Å². The summed E-state index contributed by atoms with van der Waals surface area (Å²) >= 11 is 0. The van der Waals surface area contributed by atoms with E-state index in [9.17, 15) is 4.79 Å². The van der Waals surface area contributed by atoms with Gasteiger partial charge in [-0.25, -0.2) is 0 Å². The van der Waals surface area contributed by atoms with Gasteiger partial charge < -0.3 is 11.1 Å². The average Bonchev–Trinajstić information content (AvgIpc) is 2.89. The first-order chi connectivity index (χ1) is 8.68. The first-order valence-corrected chi connectivity index (χ1v) is 6.59. The minimum absolute atomic E-state index is 0.00419. The van der Waals surface area contributed by atoms with Crippen LogP contribution in [0.15, 0.2) is 24.5 Å². The lowest BCUT2D eigenvalue weighted by Crippen LogP contribution is -2.44. The number of pyridine rings is 1. The van der Waals surface area contributed by atoms with Crippen molar-refractivity contribution in [2.45, 2.75) is 38.6 Å². The number of hydrogen-bond acceptors (Lipinski definition) is 3. The number of nitrogens with two attached hydrogens (primary N) is 1. The Morgan fingerprint density at radius 3 is 2.61 bits per heavy atom. The highest BCUT2D eigenvalue weighted by molar-refractivity contribution is 5.83. The first-order valence-electron chi connectivity index (χ1n) is 6.59. The van der Waals surface area contributed by atoms with E-state index in [4.69, 9.17) is 5.73 Å². The number of nitrogens with zero attached hydrogens (tertiary/aromatic N) is 1. The van der Waals surface area contributed by atoms with Gasteiger partial charge in [0.05, 0.1) is 11.5 Å². The zero-order valence-electron chi connectivity index (χ0n) is 10.9. The maximum atomic E-state index is 12.4. The first kappa shape index (κ1) is 13.0. The number of aromatic nitrogens is 1. The Morgan fingerprint density at radius 2 is 2.06 bits per heavy atom. The van der Waals surface area contributed by atoms with Gasteiger partial charge in [0.25, 0.3) is 0 Å². The van der Waals surface area contributed by atoms with Crippen LogP contribution in [0.4, 0.5) is 0 Å². The molecule has 0 unspecified atom stereocenters. The Kier molecular flexibility index (Phi) is 3.97. The van der Waals surface area contributed by atoms with Crippen LogP contribution in [0.25, 0.3) is 0 Å². The van der Waals surface area contributed by atoms with Crippen molar-refractivity contribution < 1.29 is 4.79 Å². The topological polar surface area (TPSA) is 68.0 Å². The van der Waals surface area contributed by atoms with Crippen molar-refractivity contribution in [3.8, 4) is 0 Å². The lowest BCUT2D eigenvalue weighted by atomic mass is 9.85. The van der Waals surface area contributed by atoms with Crippen LogP contribution in [-0.2, 0) is 4.79 Å². The Morgan fingerprint density at radius 1 is 1.44 bits per heavy atom. The predicted molar refractivity (Wildman–Crippen MR) is 70.8 cm³/mol. The molecular formula is C14H21N3O. The number of rotatable bonds is 4. The fourth-order valence-corrected chi connectivity index (χ4v) is 2.66. The molecule has 3 N–H and O–H groups in total. The summed E-state index contributed by atoms with van der Waals surface area (Å²) in [6.07, 6.45) is 7.53. The molecule has 0 saturated heterocycles. The third-order valence-electron chi connectivity index (χ3n) is 3.99. The van der Waals surface area contributed by atoms with Crippen molar-refractivity contribution in [2.75, 3.05) is 6.54 Å². The van der Waals surface area contributed by atoms with Crippen LogP contribution in [0.1, 0.15) is 44.2 Å². The summed E-state index contributed by atoms with van der Waals surface area (Å²) in [5, 5.41) is 3.08. The van der Waals surface area contributed by atoms with E-state index in [2.05, 4.69) is 10.3 Å². The monoisotopic (exact) mass is 247 g/mol. The molecule has 98 valence electrons. The smallest absolute Gasteiger partial charge is 0.227 e. The van der Waals surface area contributed by atoms with Crippen LogP contribution in [0.5, 0.6) is 0 Å². The summed E-state index contributed by atoms with van der Waals surface area (Å²) in [6, 6.07) is 3.85. The van der Waals surface area contributed by atoms with Crippen molar-refractivity contribution in [3.63, 3.8) is 0 Å². The molecular weight excluding hydrogens is 226 g/mol. The van der Waals surface area contributed by atoms with Gasteiger partial charge in [0.2, 0.25) is 5.91 Å². The summed E-state index contributed by atoms with van der Waals surface area (Å²) in [4.78, 5) is 16.4. The zero-order chi connectivity index (χ0) is 13.0. The third kappa shape index (κ3) is 2.53. The Balaban J connectivity index is 2.03. The van der Waals surface area contributed by atoms with Gasteiger partial charge >= 0.3 is 0 Å². The fourth-order valence-electron chi connectivity index (χ4n) is 2.66. The lowest BCUT2D eigenvalue weighted by molar-refractivity contribution is -0.131. The molecule has 1 atom stereocenters. The van der Waals surface area contributed by atoms with Crippen molar-refractivity contribution in [1.29, 1.82) is 0 Å². The summed E-state index contributed by atoms with van der Waals surface area (Å²) in [6.45, 7) is 2.44. The van der Waals surface area contributed by atoms with Crippen molar-refractivity contribution in [1.82, 2.24) is 10.3 Å². The molecule has 1 saturated carbocycles. The molecule has 4 heteroatoms. The fraction of sp³-hybridized carbons (Fsp3) is 0.571. The van der Waals surface area contributed by atoms with E-state index >= 15 is 0 Å². The third-order valence-corrected chi connectivity index (χ3v) is 3.99. The molecule has 0 bridgehead atoms. The van der Waals surface area contributed by atoms with Crippen LogP contribution in [0, 0.1) is 5.41 Å². The molecule has 18 heavy (non-hydrogen) atoms. The van der Waals surface area contributed by atoms with Gasteiger partial charge in [-0.2, -0.15) is 0 Å². The predicted octanol–water partition coefficient (Wildman–Crippen LogP) is 1.78. The van der Waals surface area contributed by atoms with Crippen LogP contribution in [0.3, 0.4) is 0 Å². The summed E-state index contributed by atoms with van der Waals surface area (Å²) < 4.78 is 0. The molecule has 2 rings (SSSR count). The number of carbonyl (C=O) groups is 1. The second-order valence-electron chi connectivity index (χ2n) is 5.17. The second-order valence-corrected chi connectivity index (χ2v) is 5.17. The Labute approximate surface area is 108 Å². The summed E-state index contributed by atoms with van der Waals surface area (Å²) in [5.41, 5.74) is 6.55. The molecule has 0 spiro atoms. The number of nitrogens with one attached hydrogen (secondary N) is 1. The van der Waals surface area contributed by atoms with E-state index in [0.717, 1.165) is 31.2 Å². The van der Waals surface area contributed by atoms with Crippen molar-refractivity contribution in [3.05, 3.63) is 30.1 Å². The highest BCUT2D eigenvalue weighted by atomic mass is 16.2. The van der Waals surface area contributed by atoms with E-state index in [1.54, 1.807) is 12.4 Å². The molecule has 1 aliphatic carbocycles. The van der Waals surface area contributed by atoms with Gasteiger partial charge in [-0.15, -0.1) is 0 Å². The molecule has 1 aromatic heterocycles. The molecule has 4 nitrogen and oxygen atoms in total. The maximum absolute atomic E-state index is 12.4. The summed E-state index contributed by atoms with van der Waals surface area (Å²) in [5.74, 6) is 0.104. The van der Waals surface area contributed by atoms with Crippen molar-refractivity contribution >= 4 is 5.91 Å². The molecule has 0 aliphatic heterocycles. The lowest BCUT2D eigenvalue weighted by Gasteiger charge is -2.28. The van der Waals surface area contributed by atoms with Gasteiger partial charge in [-0.3, -0.25) is 9.78 Å². The normalized spacial score (nSPS) is 19.4. The SMILES string of the molecule is C[C@H](NC(=O)C1(CN)CCCC1)c1ccncc1. The van der Waals surface area contributed by atoms with Crippen LogP contribution in [-0.4, -0.2) is 17.4 Å². The molecule has 1 aliphatic rings. The molecule has 1 heterocycles. The molecule has 1 amide bonds. The minimum Gasteiger partial charge on any atom is -0.349 e. The highest BCUT2D eigenvalue weighted by Crippen LogP contribution is 2.37. The van der Waals surface area contributed by atoms with Gasteiger partial charge in [0.15, 0.2) is 0 Å². The second kappa shape index (κ2) is 5.48. The van der Waals surface area contributed by atoms with Gasteiger partial charge in [-0.1, -0.05) is 12.8 Å². The van der Waals surface area contributed by atoms with E-state index in [1.165, 1.54) is 0 Å². The van der Waals surface area contributed by atoms with Crippen LogP contribution >= 0.6 is 0 Å². The van der Waals surface area contributed by atoms with Crippen LogP contribution in [0.2, 0.25) is 0 Å². The van der Waals surface area contributed by atoms with E-state index in [-0.39, 0.29) is 17.4 Å². The Hall–Kier alpha value is -1.42. The minimum atomic E-state index is -0.332.